The summed E-state index contributed by atoms with van der Waals surface area (Å²) >= 11 is 6.10. The molecule has 1 saturated heterocycles. The topological polar surface area (TPSA) is 82.1 Å². The van der Waals surface area contributed by atoms with Crippen LogP contribution in [0.15, 0.2) is 36.4 Å². The van der Waals surface area contributed by atoms with Crippen LogP contribution in [-0.4, -0.2) is 45.0 Å². The summed E-state index contributed by atoms with van der Waals surface area (Å²) in [6.07, 6.45) is 1.30. The van der Waals surface area contributed by atoms with Crippen molar-refractivity contribution in [2.45, 2.75) is 12.8 Å². The van der Waals surface area contributed by atoms with E-state index < -0.39 is 12.6 Å². The zero-order chi connectivity index (χ0) is 21.0. The van der Waals surface area contributed by atoms with Gasteiger partial charge in [-0.05, 0) is 30.7 Å². The minimum atomic E-state index is -0.716. The number of rotatable bonds is 7. The van der Waals surface area contributed by atoms with Crippen molar-refractivity contribution >= 4 is 34.9 Å². The van der Waals surface area contributed by atoms with E-state index in [0.29, 0.717) is 30.0 Å². The number of Topliss-reactive ketones (excluding diaryl/α,β-unsaturated/α-hetero) is 1. The molecule has 0 atom stereocenters. The smallest absolute Gasteiger partial charge is 0.338 e. The molecular formula is C21H20ClNO6. The van der Waals surface area contributed by atoms with E-state index in [2.05, 4.69) is 0 Å². The standard InChI is InChI=1S/C21H20ClNO6/c1-27-18-11-14(10-16(22)20(18)28-2)21(26)29-12-17(24)13-5-3-6-15(9-13)23-8-4-7-19(23)25/h3,5-6,9-11H,4,7-8,12H2,1-2H3. The number of halogens is 1. The summed E-state index contributed by atoms with van der Waals surface area (Å²) < 4.78 is 15.4. The molecule has 8 heteroatoms. The van der Waals surface area contributed by atoms with Crippen molar-refractivity contribution in [1.29, 1.82) is 0 Å². The van der Waals surface area contributed by atoms with Gasteiger partial charge in [0.2, 0.25) is 5.91 Å². The second-order valence-corrected chi connectivity index (χ2v) is 6.80. The van der Waals surface area contributed by atoms with Gasteiger partial charge in [0.05, 0.1) is 24.8 Å². The first kappa shape index (κ1) is 20.7. The van der Waals surface area contributed by atoms with E-state index >= 15 is 0 Å². The molecule has 7 nitrogen and oxygen atoms in total. The van der Waals surface area contributed by atoms with E-state index in [-0.39, 0.29) is 28.0 Å². The fourth-order valence-corrected chi connectivity index (χ4v) is 3.39. The van der Waals surface area contributed by atoms with Crippen molar-refractivity contribution < 1.29 is 28.6 Å². The van der Waals surface area contributed by atoms with Gasteiger partial charge in [0.15, 0.2) is 23.9 Å². The molecule has 0 aromatic heterocycles. The third-order valence-electron chi connectivity index (χ3n) is 4.56. The van der Waals surface area contributed by atoms with Gasteiger partial charge < -0.3 is 19.1 Å². The number of methoxy groups -OCH3 is 2. The van der Waals surface area contributed by atoms with Crippen molar-refractivity contribution in [3.63, 3.8) is 0 Å². The molecule has 2 aromatic rings. The maximum atomic E-state index is 12.5. The number of ketones is 1. The maximum absolute atomic E-state index is 12.5. The number of anilines is 1. The van der Waals surface area contributed by atoms with Crippen LogP contribution in [0.25, 0.3) is 0 Å². The largest absolute Gasteiger partial charge is 0.493 e. The molecule has 0 unspecified atom stereocenters. The first-order chi connectivity index (χ1) is 13.9. The molecule has 1 amide bonds. The van der Waals surface area contributed by atoms with Gasteiger partial charge in [-0.3, -0.25) is 9.59 Å². The maximum Gasteiger partial charge on any atom is 0.338 e. The lowest BCUT2D eigenvalue weighted by molar-refractivity contribution is -0.117. The Kier molecular flexibility index (Phi) is 6.39. The summed E-state index contributed by atoms with van der Waals surface area (Å²) in [4.78, 5) is 38.3. The molecule has 152 valence electrons. The normalized spacial score (nSPS) is 13.3. The lowest BCUT2D eigenvalue weighted by Gasteiger charge is -2.16. The van der Waals surface area contributed by atoms with Crippen molar-refractivity contribution in [3.05, 3.63) is 52.5 Å². The van der Waals surface area contributed by atoms with Crippen LogP contribution in [0, 0.1) is 0 Å². The van der Waals surface area contributed by atoms with Gasteiger partial charge >= 0.3 is 5.97 Å². The van der Waals surface area contributed by atoms with Crippen LogP contribution in [0.5, 0.6) is 11.5 Å². The highest BCUT2D eigenvalue weighted by Crippen LogP contribution is 2.36. The summed E-state index contributed by atoms with van der Waals surface area (Å²) in [5, 5.41) is 0.188. The lowest BCUT2D eigenvalue weighted by atomic mass is 10.1. The highest BCUT2D eigenvalue weighted by molar-refractivity contribution is 6.32. The molecule has 0 radical (unpaired) electrons. The van der Waals surface area contributed by atoms with Crippen LogP contribution in [-0.2, 0) is 9.53 Å². The lowest BCUT2D eigenvalue weighted by Crippen LogP contribution is -2.24. The number of carbonyl (C=O) groups is 3. The predicted molar refractivity (Wildman–Crippen MR) is 107 cm³/mol. The third kappa shape index (κ3) is 4.51. The molecule has 1 aliphatic heterocycles. The van der Waals surface area contributed by atoms with Crippen molar-refractivity contribution in [2.24, 2.45) is 0 Å². The zero-order valence-corrected chi connectivity index (χ0v) is 16.8. The Morgan fingerprint density at radius 3 is 2.55 bits per heavy atom. The predicted octanol–water partition coefficient (Wildman–Crippen LogP) is 3.52. The number of carbonyl (C=O) groups excluding carboxylic acids is 3. The van der Waals surface area contributed by atoms with Gasteiger partial charge in [0.1, 0.15) is 0 Å². The molecule has 1 heterocycles. The van der Waals surface area contributed by atoms with Crippen LogP contribution in [0.1, 0.15) is 33.6 Å². The van der Waals surface area contributed by atoms with Crippen LogP contribution in [0.2, 0.25) is 5.02 Å². The van der Waals surface area contributed by atoms with Gasteiger partial charge in [-0.15, -0.1) is 0 Å². The molecule has 0 bridgehead atoms. The number of nitrogens with zero attached hydrogens (tertiary/aromatic N) is 1. The zero-order valence-electron chi connectivity index (χ0n) is 16.1. The van der Waals surface area contributed by atoms with Gasteiger partial charge in [0.25, 0.3) is 0 Å². The fourth-order valence-electron chi connectivity index (χ4n) is 3.10. The van der Waals surface area contributed by atoms with E-state index in [0.717, 1.165) is 6.42 Å². The minimum Gasteiger partial charge on any atom is -0.493 e. The average Bonchev–Trinajstić information content (AvgIpc) is 3.17. The molecule has 0 aliphatic carbocycles. The highest BCUT2D eigenvalue weighted by Gasteiger charge is 2.23. The first-order valence-corrected chi connectivity index (χ1v) is 9.34. The van der Waals surface area contributed by atoms with Gasteiger partial charge in [0, 0.05) is 24.2 Å². The van der Waals surface area contributed by atoms with Crippen molar-refractivity contribution in [2.75, 3.05) is 32.3 Å². The van der Waals surface area contributed by atoms with E-state index in [1.807, 2.05) is 0 Å². The second kappa shape index (κ2) is 8.96. The monoisotopic (exact) mass is 417 g/mol. The number of amides is 1. The molecule has 0 spiro atoms. The number of hydrogen-bond donors (Lipinski definition) is 0. The molecule has 0 N–H and O–H groups in total. The molecular weight excluding hydrogens is 398 g/mol. The molecule has 29 heavy (non-hydrogen) atoms. The second-order valence-electron chi connectivity index (χ2n) is 6.39. The van der Waals surface area contributed by atoms with Crippen LogP contribution in [0.4, 0.5) is 5.69 Å². The summed E-state index contributed by atoms with van der Waals surface area (Å²) in [7, 11) is 2.86. The van der Waals surface area contributed by atoms with Gasteiger partial charge in [-0.2, -0.15) is 0 Å². The Hall–Kier alpha value is -3.06. The SMILES string of the molecule is COc1cc(C(=O)OCC(=O)c2cccc(N3CCCC3=O)c2)cc(Cl)c1OC. The minimum absolute atomic E-state index is 0.0337. The number of ether oxygens (including phenoxy) is 3. The molecule has 2 aromatic carbocycles. The Labute approximate surface area is 173 Å². The summed E-state index contributed by atoms with van der Waals surface area (Å²) in [5.41, 5.74) is 1.16. The Morgan fingerprint density at radius 1 is 1.10 bits per heavy atom. The summed E-state index contributed by atoms with van der Waals surface area (Å²) in [6, 6.07) is 9.54. The van der Waals surface area contributed by atoms with E-state index in [1.165, 1.54) is 26.4 Å². The number of esters is 1. The van der Waals surface area contributed by atoms with E-state index in [1.54, 1.807) is 29.2 Å². The van der Waals surface area contributed by atoms with Gasteiger partial charge in [-0.1, -0.05) is 23.7 Å². The van der Waals surface area contributed by atoms with Gasteiger partial charge in [-0.25, -0.2) is 4.79 Å². The number of benzene rings is 2. The van der Waals surface area contributed by atoms with Crippen molar-refractivity contribution in [1.82, 2.24) is 0 Å². The number of hydrogen-bond acceptors (Lipinski definition) is 6. The Balaban J connectivity index is 1.69. The molecule has 3 rings (SSSR count). The Bertz CT molecular complexity index is 958. The average molecular weight is 418 g/mol. The van der Waals surface area contributed by atoms with E-state index in [4.69, 9.17) is 25.8 Å². The van der Waals surface area contributed by atoms with Crippen LogP contribution in [0.3, 0.4) is 0 Å². The molecule has 0 saturated carbocycles. The van der Waals surface area contributed by atoms with Crippen LogP contribution < -0.4 is 14.4 Å². The fraction of sp³-hybridized carbons (Fsp3) is 0.286. The quantitative estimate of drug-likeness (QED) is 0.506. The Morgan fingerprint density at radius 2 is 1.90 bits per heavy atom. The first-order valence-electron chi connectivity index (χ1n) is 8.97. The summed E-state index contributed by atoms with van der Waals surface area (Å²) in [6.45, 7) is 0.188. The van der Waals surface area contributed by atoms with E-state index in [9.17, 15) is 14.4 Å². The van der Waals surface area contributed by atoms with Crippen molar-refractivity contribution in [3.8, 4) is 11.5 Å². The van der Waals surface area contributed by atoms with Crippen LogP contribution >= 0.6 is 11.6 Å². The highest BCUT2D eigenvalue weighted by atomic mass is 35.5. The molecule has 1 fully saturated rings. The molecule has 1 aliphatic rings. The summed E-state index contributed by atoms with van der Waals surface area (Å²) in [5.74, 6) is -0.479. The third-order valence-corrected chi connectivity index (χ3v) is 4.84.